The minimum Gasteiger partial charge on any atom is -0.491 e. The van der Waals surface area contributed by atoms with Gasteiger partial charge < -0.3 is 19.7 Å². The SMILES string of the molecule is CC[C@H](C)Oc1cccc(NC(=O)N2C[C@@H](C)OC[C@H]2C)c1. The highest BCUT2D eigenvalue weighted by molar-refractivity contribution is 5.89. The van der Waals surface area contributed by atoms with E-state index >= 15 is 0 Å². The summed E-state index contributed by atoms with van der Waals surface area (Å²) in [4.78, 5) is 14.2. The summed E-state index contributed by atoms with van der Waals surface area (Å²) in [5.74, 6) is 0.774. The molecule has 1 N–H and O–H groups in total. The normalized spacial score (nSPS) is 23.0. The van der Waals surface area contributed by atoms with Gasteiger partial charge in [0.25, 0.3) is 0 Å². The highest BCUT2D eigenvalue weighted by atomic mass is 16.5. The van der Waals surface area contributed by atoms with Gasteiger partial charge in [-0.2, -0.15) is 0 Å². The van der Waals surface area contributed by atoms with E-state index in [2.05, 4.69) is 12.2 Å². The zero-order valence-corrected chi connectivity index (χ0v) is 13.8. The Balaban J connectivity index is 2.00. The molecule has 1 aromatic carbocycles. The van der Waals surface area contributed by atoms with E-state index < -0.39 is 0 Å². The highest BCUT2D eigenvalue weighted by Gasteiger charge is 2.27. The first-order valence-electron chi connectivity index (χ1n) is 7.95. The number of urea groups is 1. The Bertz CT molecular complexity index is 506. The molecule has 0 saturated carbocycles. The number of rotatable bonds is 4. The van der Waals surface area contributed by atoms with Crippen LogP contribution in [0, 0.1) is 0 Å². The average molecular weight is 306 g/mol. The van der Waals surface area contributed by atoms with E-state index in [9.17, 15) is 4.79 Å². The van der Waals surface area contributed by atoms with E-state index in [4.69, 9.17) is 9.47 Å². The van der Waals surface area contributed by atoms with Gasteiger partial charge in [0.1, 0.15) is 5.75 Å². The fourth-order valence-corrected chi connectivity index (χ4v) is 2.34. The molecule has 5 heteroatoms. The summed E-state index contributed by atoms with van der Waals surface area (Å²) >= 11 is 0. The van der Waals surface area contributed by atoms with Crippen LogP contribution in [-0.4, -0.2) is 42.3 Å². The summed E-state index contributed by atoms with van der Waals surface area (Å²) < 4.78 is 11.3. The molecule has 3 atom stereocenters. The monoisotopic (exact) mass is 306 g/mol. The number of carbonyl (C=O) groups is 1. The fourth-order valence-electron chi connectivity index (χ4n) is 2.34. The second-order valence-electron chi connectivity index (χ2n) is 5.94. The molecule has 1 aromatic rings. The first kappa shape index (κ1) is 16.6. The third-order valence-electron chi connectivity index (χ3n) is 3.87. The number of hydrogen-bond acceptors (Lipinski definition) is 3. The lowest BCUT2D eigenvalue weighted by molar-refractivity contribution is -0.0296. The van der Waals surface area contributed by atoms with Crippen LogP contribution in [-0.2, 0) is 4.74 Å². The van der Waals surface area contributed by atoms with Crippen LogP contribution in [0.1, 0.15) is 34.1 Å². The van der Waals surface area contributed by atoms with Crippen molar-refractivity contribution in [2.24, 2.45) is 0 Å². The molecule has 122 valence electrons. The van der Waals surface area contributed by atoms with Gasteiger partial charge >= 0.3 is 6.03 Å². The Kier molecular flexibility index (Phi) is 5.66. The van der Waals surface area contributed by atoms with Crippen LogP contribution in [0.3, 0.4) is 0 Å². The van der Waals surface area contributed by atoms with Crippen molar-refractivity contribution in [1.82, 2.24) is 4.90 Å². The van der Waals surface area contributed by atoms with Crippen LogP contribution in [0.5, 0.6) is 5.75 Å². The Morgan fingerprint density at radius 3 is 3.00 bits per heavy atom. The van der Waals surface area contributed by atoms with Gasteiger partial charge in [0.2, 0.25) is 0 Å². The fraction of sp³-hybridized carbons (Fsp3) is 0.588. The smallest absolute Gasteiger partial charge is 0.322 e. The number of nitrogens with one attached hydrogen (secondary N) is 1. The standard InChI is InChI=1S/C17H26N2O3/c1-5-13(3)22-16-8-6-7-15(9-16)18-17(20)19-10-14(4)21-11-12(19)2/h6-9,12-14H,5,10-11H2,1-4H3,(H,18,20)/t12-,13+,14-/m1/s1. The van der Waals surface area contributed by atoms with Crippen molar-refractivity contribution in [2.75, 3.05) is 18.5 Å². The van der Waals surface area contributed by atoms with Crippen LogP contribution in [0.25, 0.3) is 0 Å². The lowest BCUT2D eigenvalue weighted by Crippen LogP contribution is -2.51. The number of morpholine rings is 1. The minimum absolute atomic E-state index is 0.0713. The van der Waals surface area contributed by atoms with Crippen molar-refractivity contribution in [3.63, 3.8) is 0 Å². The molecule has 2 amide bonds. The number of anilines is 1. The predicted molar refractivity (Wildman–Crippen MR) is 87.4 cm³/mol. The molecule has 5 nitrogen and oxygen atoms in total. The van der Waals surface area contributed by atoms with Crippen molar-refractivity contribution in [3.8, 4) is 5.75 Å². The first-order valence-corrected chi connectivity index (χ1v) is 7.95. The lowest BCUT2D eigenvalue weighted by Gasteiger charge is -2.36. The Morgan fingerprint density at radius 2 is 2.27 bits per heavy atom. The second kappa shape index (κ2) is 7.49. The Hall–Kier alpha value is -1.75. The van der Waals surface area contributed by atoms with Gasteiger partial charge in [0.05, 0.1) is 24.9 Å². The van der Waals surface area contributed by atoms with Crippen molar-refractivity contribution in [3.05, 3.63) is 24.3 Å². The maximum absolute atomic E-state index is 12.4. The number of carbonyl (C=O) groups excluding carboxylic acids is 1. The molecular weight excluding hydrogens is 280 g/mol. The number of nitrogens with zero attached hydrogens (tertiary/aromatic N) is 1. The third kappa shape index (κ3) is 4.37. The van der Waals surface area contributed by atoms with E-state index in [-0.39, 0.29) is 24.3 Å². The molecule has 0 aliphatic carbocycles. The Labute approximate surface area is 132 Å². The Morgan fingerprint density at radius 1 is 1.50 bits per heavy atom. The molecule has 1 aliphatic rings. The number of amides is 2. The van der Waals surface area contributed by atoms with E-state index in [1.54, 1.807) is 0 Å². The molecular formula is C17H26N2O3. The van der Waals surface area contributed by atoms with Gasteiger partial charge in [0, 0.05) is 18.3 Å². The maximum Gasteiger partial charge on any atom is 0.322 e. The second-order valence-corrected chi connectivity index (χ2v) is 5.94. The summed E-state index contributed by atoms with van der Waals surface area (Å²) in [6.07, 6.45) is 1.17. The first-order chi connectivity index (χ1) is 10.5. The van der Waals surface area contributed by atoms with Crippen LogP contribution < -0.4 is 10.1 Å². The zero-order valence-electron chi connectivity index (χ0n) is 13.8. The minimum atomic E-state index is -0.0941. The summed E-state index contributed by atoms with van der Waals surface area (Å²) in [5, 5.41) is 2.95. The van der Waals surface area contributed by atoms with Gasteiger partial charge in [-0.15, -0.1) is 0 Å². The molecule has 0 aromatic heterocycles. The number of ether oxygens (including phenoxy) is 2. The van der Waals surface area contributed by atoms with E-state index in [1.807, 2.05) is 49.9 Å². The van der Waals surface area contributed by atoms with Crippen molar-refractivity contribution < 1.29 is 14.3 Å². The number of benzene rings is 1. The van der Waals surface area contributed by atoms with Gasteiger partial charge in [-0.1, -0.05) is 13.0 Å². The van der Waals surface area contributed by atoms with Crippen LogP contribution >= 0.6 is 0 Å². The highest BCUT2D eigenvalue weighted by Crippen LogP contribution is 2.20. The molecule has 1 heterocycles. The van der Waals surface area contributed by atoms with Crippen LogP contribution in [0.2, 0.25) is 0 Å². The van der Waals surface area contributed by atoms with Crippen molar-refractivity contribution in [1.29, 1.82) is 0 Å². The molecule has 1 saturated heterocycles. The lowest BCUT2D eigenvalue weighted by atomic mass is 10.2. The largest absolute Gasteiger partial charge is 0.491 e. The van der Waals surface area contributed by atoms with Crippen molar-refractivity contribution >= 4 is 11.7 Å². The van der Waals surface area contributed by atoms with Crippen LogP contribution in [0.15, 0.2) is 24.3 Å². The quantitative estimate of drug-likeness (QED) is 0.926. The van der Waals surface area contributed by atoms with E-state index in [0.717, 1.165) is 17.9 Å². The van der Waals surface area contributed by atoms with Crippen molar-refractivity contribution in [2.45, 2.75) is 52.4 Å². The van der Waals surface area contributed by atoms with E-state index in [0.29, 0.717) is 13.2 Å². The summed E-state index contributed by atoms with van der Waals surface area (Å²) in [6.45, 7) is 9.27. The van der Waals surface area contributed by atoms with Crippen LogP contribution in [0.4, 0.5) is 10.5 Å². The molecule has 1 aliphatic heterocycles. The zero-order chi connectivity index (χ0) is 16.1. The molecule has 0 bridgehead atoms. The molecule has 22 heavy (non-hydrogen) atoms. The predicted octanol–water partition coefficient (Wildman–Crippen LogP) is 3.51. The molecule has 2 rings (SSSR count). The van der Waals surface area contributed by atoms with Gasteiger partial charge in [-0.05, 0) is 39.3 Å². The number of hydrogen-bond donors (Lipinski definition) is 1. The molecule has 0 unspecified atom stereocenters. The molecule has 0 radical (unpaired) electrons. The van der Waals surface area contributed by atoms with Gasteiger partial charge in [-0.25, -0.2) is 4.79 Å². The average Bonchev–Trinajstić information content (AvgIpc) is 2.49. The topological polar surface area (TPSA) is 50.8 Å². The molecule has 1 fully saturated rings. The third-order valence-corrected chi connectivity index (χ3v) is 3.87. The van der Waals surface area contributed by atoms with Gasteiger partial charge in [-0.3, -0.25) is 0 Å². The maximum atomic E-state index is 12.4. The summed E-state index contributed by atoms with van der Waals surface area (Å²) in [7, 11) is 0. The van der Waals surface area contributed by atoms with E-state index in [1.165, 1.54) is 0 Å². The molecule has 0 spiro atoms. The summed E-state index contributed by atoms with van der Waals surface area (Å²) in [6, 6.07) is 7.51. The summed E-state index contributed by atoms with van der Waals surface area (Å²) in [5.41, 5.74) is 0.747. The van der Waals surface area contributed by atoms with Gasteiger partial charge in [0.15, 0.2) is 0 Å².